The van der Waals surface area contributed by atoms with E-state index in [1.165, 1.54) is 0 Å². The quantitative estimate of drug-likeness (QED) is 0.927. The van der Waals surface area contributed by atoms with Crippen LogP contribution in [0.3, 0.4) is 0 Å². The average molecular weight is 314 g/mol. The molecule has 1 aromatic heterocycles. The summed E-state index contributed by atoms with van der Waals surface area (Å²) in [7, 11) is 1.79. The van der Waals surface area contributed by atoms with Gasteiger partial charge in [0.15, 0.2) is 0 Å². The molecule has 2 aromatic rings. The Bertz CT molecular complexity index is 804. The lowest BCUT2D eigenvalue weighted by atomic mass is 9.98. The summed E-state index contributed by atoms with van der Waals surface area (Å²) in [6.45, 7) is 4.53. The molecular formula is C18H22N2O3. The van der Waals surface area contributed by atoms with Crippen molar-refractivity contribution in [2.24, 2.45) is 0 Å². The predicted octanol–water partition coefficient (Wildman–Crippen LogP) is 2.75. The molecule has 0 unspecified atom stereocenters. The number of benzene rings is 1. The van der Waals surface area contributed by atoms with Gasteiger partial charge in [-0.25, -0.2) is 0 Å². The maximum absolute atomic E-state index is 12.9. The molecule has 1 aromatic carbocycles. The van der Waals surface area contributed by atoms with Gasteiger partial charge in [-0.05, 0) is 49.8 Å². The Morgan fingerprint density at radius 1 is 1.22 bits per heavy atom. The zero-order chi connectivity index (χ0) is 16.7. The average Bonchev–Trinajstić information content (AvgIpc) is 2.79. The summed E-state index contributed by atoms with van der Waals surface area (Å²) >= 11 is 0. The number of amides is 1. The Hall–Kier alpha value is -2.30. The van der Waals surface area contributed by atoms with E-state index in [9.17, 15) is 14.7 Å². The lowest BCUT2D eigenvalue weighted by Gasteiger charge is -2.22. The number of carboxylic acids is 1. The number of aliphatic carboxylic acids is 1. The summed E-state index contributed by atoms with van der Waals surface area (Å²) < 4.78 is 1.71. The molecule has 5 heteroatoms. The standard InChI is InChI=1S/C18H22N2O3/c1-11-7-8-12(2)16-15(11)13-6-4-5-9-19(3)18(23)17(13)20(16)10-14(21)22/h7-8H,4-6,9-10H2,1-3H3,(H,21,22). The van der Waals surface area contributed by atoms with Crippen molar-refractivity contribution in [2.75, 3.05) is 13.6 Å². The van der Waals surface area contributed by atoms with Gasteiger partial charge in [0.1, 0.15) is 12.2 Å². The maximum Gasteiger partial charge on any atom is 0.323 e. The Morgan fingerprint density at radius 2 is 1.91 bits per heavy atom. The Balaban J connectivity index is 2.41. The maximum atomic E-state index is 12.9. The van der Waals surface area contributed by atoms with Crippen molar-refractivity contribution < 1.29 is 14.7 Å². The second-order valence-corrected chi connectivity index (χ2v) is 6.41. The first-order chi connectivity index (χ1) is 10.9. The topological polar surface area (TPSA) is 62.5 Å². The fourth-order valence-corrected chi connectivity index (χ4v) is 3.63. The summed E-state index contributed by atoms with van der Waals surface area (Å²) in [6.07, 6.45) is 2.80. The molecule has 0 spiro atoms. The van der Waals surface area contributed by atoms with Crippen LogP contribution in [0.25, 0.3) is 10.9 Å². The van der Waals surface area contributed by atoms with Gasteiger partial charge in [0.25, 0.3) is 5.91 Å². The van der Waals surface area contributed by atoms with Gasteiger partial charge < -0.3 is 14.6 Å². The van der Waals surface area contributed by atoms with Crippen LogP contribution >= 0.6 is 0 Å². The highest BCUT2D eigenvalue weighted by Crippen LogP contribution is 2.34. The third kappa shape index (κ3) is 2.50. The Kier molecular flexibility index (Phi) is 3.88. The first-order valence-corrected chi connectivity index (χ1v) is 8.00. The second-order valence-electron chi connectivity index (χ2n) is 6.41. The third-order valence-electron chi connectivity index (χ3n) is 4.73. The van der Waals surface area contributed by atoms with Gasteiger partial charge in [0, 0.05) is 19.0 Å². The number of carboxylic acid groups (broad SMARTS) is 1. The van der Waals surface area contributed by atoms with E-state index in [1.54, 1.807) is 16.5 Å². The number of fused-ring (bicyclic) bond motifs is 3. The van der Waals surface area contributed by atoms with Crippen LogP contribution in [0.2, 0.25) is 0 Å². The minimum atomic E-state index is -0.928. The summed E-state index contributed by atoms with van der Waals surface area (Å²) in [5, 5.41) is 10.4. The monoisotopic (exact) mass is 314 g/mol. The van der Waals surface area contributed by atoms with E-state index < -0.39 is 5.97 Å². The van der Waals surface area contributed by atoms with Gasteiger partial charge in [-0.3, -0.25) is 9.59 Å². The van der Waals surface area contributed by atoms with E-state index in [4.69, 9.17) is 0 Å². The molecule has 3 rings (SSSR count). The fourth-order valence-electron chi connectivity index (χ4n) is 3.63. The number of hydrogen-bond donors (Lipinski definition) is 1. The van der Waals surface area contributed by atoms with Gasteiger partial charge in [0.2, 0.25) is 0 Å². The fraction of sp³-hybridized carbons (Fsp3) is 0.444. The van der Waals surface area contributed by atoms with Crippen LogP contribution in [0.4, 0.5) is 0 Å². The zero-order valence-electron chi connectivity index (χ0n) is 13.8. The molecule has 1 aliphatic heterocycles. The molecule has 5 nitrogen and oxygen atoms in total. The van der Waals surface area contributed by atoms with Gasteiger partial charge >= 0.3 is 5.97 Å². The van der Waals surface area contributed by atoms with Crippen LogP contribution in [-0.4, -0.2) is 40.0 Å². The molecule has 23 heavy (non-hydrogen) atoms. The number of nitrogens with zero attached hydrogens (tertiary/aromatic N) is 2. The van der Waals surface area contributed by atoms with E-state index in [-0.39, 0.29) is 12.5 Å². The summed E-state index contributed by atoms with van der Waals surface area (Å²) in [6, 6.07) is 4.05. The molecule has 2 heterocycles. The summed E-state index contributed by atoms with van der Waals surface area (Å²) in [5.74, 6) is -1.00. The second kappa shape index (κ2) is 5.72. The number of aryl methyl sites for hydroxylation is 3. The molecule has 0 saturated heterocycles. The molecule has 1 aliphatic rings. The highest BCUT2D eigenvalue weighted by Gasteiger charge is 2.28. The number of rotatable bonds is 2. The summed E-state index contributed by atoms with van der Waals surface area (Å²) in [4.78, 5) is 26.0. The largest absolute Gasteiger partial charge is 0.480 e. The molecule has 0 radical (unpaired) electrons. The van der Waals surface area contributed by atoms with Crippen molar-refractivity contribution in [1.29, 1.82) is 0 Å². The minimum Gasteiger partial charge on any atom is -0.480 e. The first kappa shape index (κ1) is 15.6. The molecule has 0 saturated carbocycles. The number of carbonyl (C=O) groups excluding carboxylic acids is 1. The molecule has 0 bridgehead atoms. The molecule has 0 fully saturated rings. The van der Waals surface area contributed by atoms with Crippen molar-refractivity contribution in [2.45, 2.75) is 39.7 Å². The van der Waals surface area contributed by atoms with Crippen LogP contribution in [0.5, 0.6) is 0 Å². The molecular weight excluding hydrogens is 292 g/mol. The Labute approximate surface area is 135 Å². The van der Waals surface area contributed by atoms with Crippen molar-refractivity contribution in [3.8, 4) is 0 Å². The van der Waals surface area contributed by atoms with Crippen LogP contribution in [-0.2, 0) is 17.8 Å². The van der Waals surface area contributed by atoms with Crippen molar-refractivity contribution in [3.63, 3.8) is 0 Å². The predicted molar refractivity (Wildman–Crippen MR) is 88.9 cm³/mol. The minimum absolute atomic E-state index is 0.0732. The van der Waals surface area contributed by atoms with Crippen molar-refractivity contribution >= 4 is 22.8 Å². The summed E-state index contributed by atoms with van der Waals surface area (Å²) in [5.41, 5.74) is 4.57. The number of aromatic nitrogens is 1. The lowest BCUT2D eigenvalue weighted by molar-refractivity contribution is -0.137. The highest BCUT2D eigenvalue weighted by molar-refractivity contribution is 6.04. The van der Waals surface area contributed by atoms with Crippen LogP contribution in [0.15, 0.2) is 12.1 Å². The van der Waals surface area contributed by atoms with Crippen molar-refractivity contribution in [3.05, 3.63) is 34.5 Å². The van der Waals surface area contributed by atoms with Gasteiger partial charge in [-0.2, -0.15) is 0 Å². The van der Waals surface area contributed by atoms with E-state index in [0.717, 1.165) is 46.9 Å². The van der Waals surface area contributed by atoms with Crippen LogP contribution < -0.4 is 0 Å². The van der Waals surface area contributed by atoms with Crippen LogP contribution in [0.1, 0.15) is 40.0 Å². The van der Waals surface area contributed by atoms with Crippen molar-refractivity contribution in [1.82, 2.24) is 9.47 Å². The number of hydrogen-bond acceptors (Lipinski definition) is 2. The molecule has 1 N–H and O–H groups in total. The normalized spacial score (nSPS) is 15.4. The van der Waals surface area contributed by atoms with E-state index >= 15 is 0 Å². The van der Waals surface area contributed by atoms with E-state index in [1.807, 2.05) is 19.9 Å². The highest BCUT2D eigenvalue weighted by atomic mass is 16.4. The number of carbonyl (C=O) groups is 2. The zero-order valence-corrected chi connectivity index (χ0v) is 13.8. The molecule has 1 amide bonds. The Morgan fingerprint density at radius 3 is 2.61 bits per heavy atom. The molecule has 0 atom stereocenters. The SMILES string of the molecule is Cc1ccc(C)c2c1c1c(n2CC(=O)O)C(=O)N(C)CCCC1. The van der Waals surface area contributed by atoms with Crippen LogP contribution in [0, 0.1) is 13.8 Å². The molecule has 122 valence electrons. The lowest BCUT2D eigenvalue weighted by Crippen LogP contribution is -2.32. The van der Waals surface area contributed by atoms with Gasteiger partial charge in [-0.15, -0.1) is 0 Å². The first-order valence-electron chi connectivity index (χ1n) is 8.00. The van der Waals surface area contributed by atoms with Gasteiger partial charge in [0.05, 0.1) is 5.52 Å². The van der Waals surface area contributed by atoms with E-state index in [2.05, 4.69) is 6.07 Å². The molecule has 0 aliphatic carbocycles. The van der Waals surface area contributed by atoms with E-state index in [0.29, 0.717) is 12.2 Å². The smallest absolute Gasteiger partial charge is 0.323 e. The van der Waals surface area contributed by atoms with Gasteiger partial charge in [-0.1, -0.05) is 12.1 Å². The third-order valence-corrected chi connectivity index (χ3v) is 4.73.